The molecule has 43 heavy (non-hydrogen) atoms. The van der Waals surface area contributed by atoms with Crippen LogP contribution in [0.2, 0.25) is 0 Å². The van der Waals surface area contributed by atoms with E-state index in [9.17, 15) is 0 Å². The lowest BCUT2D eigenvalue weighted by Crippen LogP contribution is -1.96. The zero-order valence-corrected chi connectivity index (χ0v) is 23.4. The van der Waals surface area contributed by atoms with Crippen molar-refractivity contribution in [3.05, 3.63) is 158 Å². The predicted octanol–water partition coefficient (Wildman–Crippen LogP) is 10.5. The normalized spacial score (nSPS) is 11.7. The quantitative estimate of drug-likeness (QED) is 0.226. The number of hydrogen-bond donors (Lipinski definition) is 1. The van der Waals surface area contributed by atoms with Crippen LogP contribution in [0.3, 0.4) is 0 Å². The number of aromatic nitrogens is 3. The van der Waals surface area contributed by atoms with Gasteiger partial charge in [0.05, 0.1) is 22.2 Å². The van der Waals surface area contributed by atoms with Gasteiger partial charge in [-0.05, 0) is 83.4 Å². The molecule has 0 unspecified atom stereocenters. The number of hydrogen-bond acceptors (Lipinski definition) is 0. The number of aromatic amines is 1. The number of nitrogens with zero attached hydrogens (tertiary/aromatic N) is 2. The Morgan fingerprint density at radius 1 is 0.442 bits per heavy atom. The van der Waals surface area contributed by atoms with Crippen molar-refractivity contribution in [3.8, 4) is 33.8 Å². The first-order valence-electron chi connectivity index (χ1n) is 14.7. The molecular formula is C40H27N3. The van der Waals surface area contributed by atoms with Gasteiger partial charge in [0.1, 0.15) is 0 Å². The zero-order valence-electron chi connectivity index (χ0n) is 23.4. The van der Waals surface area contributed by atoms with E-state index < -0.39 is 0 Å². The molecule has 0 bridgehead atoms. The van der Waals surface area contributed by atoms with E-state index in [0.29, 0.717) is 0 Å². The largest absolute Gasteiger partial charge is 0.354 e. The van der Waals surface area contributed by atoms with Gasteiger partial charge in [-0.25, -0.2) is 0 Å². The Kier molecular flexibility index (Phi) is 5.20. The van der Waals surface area contributed by atoms with Crippen LogP contribution in [0.1, 0.15) is 0 Å². The summed E-state index contributed by atoms with van der Waals surface area (Å²) in [4.78, 5) is 3.72. The fourth-order valence-electron chi connectivity index (χ4n) is 6.65. The highest BCUT2D eigenvalue weighted by Crippen LogP contribution is 2.37. The van der Waals surface area contributed by atoms with E-state index in [1.807, 2.05) is 0 Å². The van der Waals surface area contributed by atoms with E-state index in [1.165, 1.54) is 66.2 Å². The fraction of sp³-hybridized carbons (Fsp3) is 0. The smallest absolute Gasteiger partial charge is 0.0560 e. The molecule has 0 aliphatic carbocycles. The standard InChI is InChI=1S/C40H27N3/c1-4-10-27(11-5-1)39-26-30-24-28(17-20-37(30)43(39)32-14-8-3-9-15-32)29-16-19-36-35(25-29)33-18-21-38-34(40(33)41-36)22-23-42(38)31-12-6-2-7-13-31/h1-26,41H. The van der Waals surface area contributed by atoms with Gasteiger partial charge in [-0.15, -0.1) is 0 Å². The summed E-state index contributed by atoms with van der Waals surface area (Å²) >= 11 is 0. The van der Waals surface area contributed by atoms with Crippen molar-refractivity contribution >= 4 is 43.6 Å². The van der Waals surface area contributed by atoms with Gasteiger partial charge in [0.2, 0.25) is 0 Å². The minimum atomic E-state index is 1.15. The van der Waals surface area contributed by atoms with E-state index >= 15 is 0 Å². The molecule has 3 heterocycles. The maximum absolute atomic E-state index is 3.72. The number of benzene rings is 6. The predicted molar refractivity (Wildman–Crippen MR) is 180 cm³/mol. The Labute approximate surface area is 248 Å². The molecule has 0 amide bonds. The number of para-hydroxylation sites is 2. The van der Waals surface area contributed by atoms with Crippen molar-refractivity contribution in [3.63, 3.8) is 0 Å². The molecule has 0 saturated heterocycles. The molecule has 9 rings (SSSR count). The summed E-state index contributed by atoms with van der Waals surface area (Å²) in [5.74, 6) is 0. The van der Waals surface area contributed by atoms with Crippen LogP contribution in [0, 0.1) is 0 Å². The SMILES string of the molecule is c1ccc(-c2cc3cc(-c4ccc5[nH]c6c(ccc7c6ccn7-c6ccccc6)c5c4)ccc3n2-c2ccccc2)cc1. The second-order valence-corrected chi connectivity index (χ2v) is 11.2. The first kappa shape index (κ1) is 23.9. The second kappa shape index (κ2) is 9.37. The molecule has 0 atom stereocenters. The van der Waals surface area contributed by atoms with Crippen LogP contribution in [0.25, 0.3) is 77.4 Å². The van der Waals surface area contributed by atoms with Gasteiger partial charge >= 0.3 is 0 Å². The summed E-state index contributed by atoms with van der Waals surface area (Å²) in [6.07, 6.45) is 2.16. The molecule has 0 fully saturated rings. The summed E-state index contributed by atoms with van der Waals surface area (Å²) in [6, 6.07) is 54.5. The monoisotopic (exact) mass is 549 g/mol. The fourth-order valence-corrected chi connectivity index (χ4v) is 6.65. The van der Waals surface area contributed by atoms with Crippen molar-refractivity contribution in [2.75, 3.05) is 0 Å². The zero-order chi connectivity index (χ0) is 28.3. The van der Waals surface area contributed by atoms with E-state index in [4.69, 9.17) is 0 Å². The van der Waals surface area contributed by atoms with E-state index in [1.54, 1.807) is 0 Å². The Balaban J connectivity index is 1.19. The third-order valence-corrected chi connectivity index (χ3v) is 8.69. The number of fused-ring (bicyclic) bond motifs is 6. The van der Waals surface area contributed by atoms with Crippen molar-refractivity contribution in [2.24, 2.45) is 0 Å². The Bertz CT molecular complexity index is 2430. The van der Waals surface area contributed by atoms with Crippen LogP contribution < -0.4 is 0 Å². The van der Waals surface area contributed by atoms with Gasteiger partial charge in [0, 0.05) is 44.6 Å². The van der Waals surface area contributed by atoms with Crippen molar-refractivity contribution in [1.29, 1.82) is 0 Å². The summed E-state index contributed by atoms with van der Waals surface area (Å²) in [5, 5.41) is 4.95. The lowest BCUT2D eigenvalue weighted by Gasteiger charge is -2.11. The highest BCUT2D eigenvalue weighted by Gasteiger charge is 2.15. The first-order chi connectivity index (χ1) is 21.3. The lowest BCUT2D eigenvalue weighted by atomic mass is 10.0. The van der Waals surface area contributed by atoms with Crippen molar-refractivity contribution in [2.45, 2.75) is 0 Å². The van der Waals surface area contributed by atoms with E-state index in [2.05, 4.69) is 172 Å². The summed E-state index contributed by atoms with van der Waals surface area (Å²) in [7, 11) is 0. The van der Waals surface area contributed by atoms with Gasteiger partial charge in [0.25, 0.3) is 0 Å². The molecule has 0 aliphatic heterocycles. The Morgan fingerprint density at radius 2 is 1.12 bits per heavy atom. The van der Waals surface area contributed by atoms with Crippen molar-refractivity contribution in [1.82, 2.24) is 14.1 Å². The maximum atomic E-state index is 3.72. The molecule has 0 radical (unpaired) electrons. The highest BCUT2D eigenvalue weighted by atomic mass is 15.0. The average Bonchev–Trinajstić information content (AvgIpc) is 3.78. The number of nitrogens with one attached hydrogen (secondary N) is 1. The summed E-state index contributed by atoms with van der Waals surface area (Å²) < 4.78 is 4.62. The van der Waals surface area contributed by atoms with Gasteiger partial charge in [-0.1, -0.05) is 84.9 Å². The molecule has 0 spiro atoms. The highest BCUT2D eigenvalue weighted by molar-refractivity contribution is 6.17. The van der Waals surface area contributed by atoms with Crippen LogP contribution in [0.5, 0.6) is 0 Å². The van der Waals surface area contributed by atoms with Gasteiger partial charge in [-0.3, -0.25) is 0 Å². The van der Waals surface area contributed by atoms with Gasteiger partial charge in [0.15, 0.2) is 0 Å². The van der Waals surface area contributed by atoms with Crippen LogP contribution in [-0.4, -0.2) is 14.1 Å². The van der Waals surface area contributed by atoms with Crippen LogP contribution in [0.15, 0.2) is 158 Å². The topological polar surface area (TPSA) is 25.6 Å². The van der Waals surface area contributed by atoms with Gasteiger partial charge in [-0.2, -0.15) is 0 Å². The molecule has 9 aromatic rings. The molecule has 0 saturated carbocycles. The molecule has 6 aromatic carbocycles. The first-order valence-corrected chi connectivity index (χ1v) is 14.7. The Morgan fingerprint density at radius 3 is 1.91 bits per heavy atom. The van der Waals surface area contributed by atoms with E-state index in [0.717, 1.165) is 11.2 Å². The molecular weight excluding hydrogens is 522 g/mol. The Hall–Kier alpha value is -5.80. The minimum Gasteiger partial charge on any atom is -0.354 e. The number of H-pyrrole nitrogens is 1. The summed E-state index contributed by atoms with van der Waals surface area (Å²) in [6.45, 7) is 0. The summed E-state index contributed by atoms with van der Waals surface area (Å²) in [5.41, 5.74) is 11.9. The van der Waals surface area contributed by atoms with Crippen molar-refractivity contribution < 1.29 is 0 Å². The molecule has 3 aromatic heterocycles. The van der Waals surface area contributed by atoms with E-state index in [-0.39, 0.29) is 0 Å². The number of rotatable bonds is 4. The molecule has 3 heteroatoms. The molecule has 0 aliphatic rings. The molecule has 1 N–H and O–H groups in total. The lowest BCUT2D eigenvalue weighted by molar-refractivity contribution is 1.13. The van der Waals surface area contributed by atoms with Crippen LogP contribution >= 0.6 is 0 Å². The average molecular weight is 550 g/mol. The maximum Gasteiger partial charge on any atom is 0.0560 e. The second-order valence-electron chi connectivity index (χ2n) is 11.2. The molecule has 3 nitrogen and oxygen atoms in total. The third kappa shape index (κ3) is 3.75. The van der Waals surface area contributed by atoms with Crippen LogP contribution in [-0.2, 0) is 0 Å². The minimum absolute atomic E-state index is 1.15. The third-order valence-electron chi connectivity index (χ3n) is 8.69. The van der Waals surface area contributed by atoms with Gasteiger partial charge < -0.3 is 14.1 Å². The van der Waals surface area contributed by atoms with Crippen LogP contribution in [0.4, 0.5) is 0 Å². The molecule has 202 valence electrons.